The van der Waals surface area contributed by atoms with Crippen LogP contribution in [0.4, 0.5) is 0 Å². The van der Waals surface area contributed by atoms with Gasteiger partial charge in [-0.15, -0.1) is 0 Å². The summed E-state index contributed by atoms with van der Waals surface area (Å²) >= 11 is 0. The third-order valence-electron chi connectivity index (χ3n) is 3.95. The highest BCUT2D eigenvalue weighted by atomic mass is 16.5. The van der Waals surface area contributed by atoms with Crippen LogP contribution in [0, 0.1) is 5.92 Å². The van der Waals surface area contributed by atoms with Crippen molar-refractivity contribution in [2.75, 3.05) is 13.6 Å². The number of amides is 1. The fraction of sp³-hybridized carbons (Fsp3) is 0.333. The zero-order valence-electron chi connectivity index (χ0n) is 13.1. The Bertz CT molecular complexity index is 671. The fourth-order valence-electron chi connectivity index (χ4n) is 2.47. The number of benzene rings is 1. The van der Waals surface area contributed by atoms with Gasteiger partial charge in [0.1, 0.15) is 11.5 Å². The molecular formula is C18H20N2O3. The summed E-state index contributed by atoms with van der Waals surface area (Å²) in [6, 6.07) is 10.7. The van der Waals surface area contributed by atoms with Gasteiger partial charge in [-0.1, -0.05) is 12.1 Å². The van der Waals surface area contributed by atoms with Crippen LogP contribution in [-0.4, -0.2) is 40.6 Å². The first kappa shape index (κ1) is 15.5. The Morgan fingerprint density at radius 3 is 2.83 bits per heavy atom. The van der Waals surface area contributed by atoms with Crippen molar-refractivity contribution in [1.82, 2.24) is 9.88 Å². The van der Waals surface area contributed by atoms with Crippen LogP contribution < -0.4 is 4.74 Å². The molecule has 5 heteroatoms. The lowest BCUT2D eigenvalue weighted by atomic mass is 10.1. The second kappa shape index (κ2) is 6.79. The molecule has 1 N–H and O–H groups in total. The largest absolute Gasteiger partial charge is 0.455 e. The van der Waals surface area contributed by atoms with Crippen LogP contribution in [0.15, 0.2) is 48.8 Å². The highest BCUT2D eigenvalue weighted by Crippen LogP contribution is 2.33. The number of pyridine rings is 1. The molecule has 0 spiro atoms. The second-order valence-corrected chi connectivity index (χ2v) is 5.88. The smallest absolute Gasteiger partial charge is 0.257 e. The Hall–Kier alpha value is -2.40. The molecule has 1 unspecified atom stereocenters. The summed E-state index contributed by atoms with van der Waals surface area (Å²) in [5, 5.41) is 10.0. The van der Waals surface area contributed by atoms with Gasteiger partial charge < -0.3 is 14.7 Å². The first-order chi connectivity index (χ1) is 11.1. The summed E-state index contributed by atoms with van der Waals surface area (Å²) in [6.07, 6.45) is 4.91. The Labute approximate surface area is 135 Å². The molecule has 1 aliphatic rings. The molecule has 1 heterocycles. The quantitative estimate of drug-likeness (QED) is 0.891. The summed E-state index contributed by atoms with van der Waals surface area (Å²) in [5.41, 5.74) is 0.474. The molecule has 0 radical (unpaired) electrons. The molecule has 120 valence electrons. The Morgan fingerprint density at radius 2 is 2.13 bits per heavy atom. The molecule has 1 aromatic heterocycles. The molecule has 1 aliphatic carbocycles. The average molecular weight is 312 g/mol. The van der Waals surface area contributed by atoms with E-state index in [9.17, 15) is 9.90 Å². The Morgan fingerprint density at radius 1 is 1.35 bits per heavy atom. The van der Waals surface area contributed by atoms with Crippen LogP contribution >= 0.6 is 0 Å². The Kier molecular flexibility index (Phi) is 4.57. The summed E-state index contributed by atoms with van der Waals surface area (Å²) in [4.78, 5) is 18.2. The minimum absolute atomic E-state index is 0.163. The average Bonchev–Trinajstić information content (AvgIpc) is 3.40. The molecule has 1 saturated carbocycles. The maximum atomic E-state index is 12.7. The van der Waals surface area contributed by atoms with Crippen molar-refractivity contribution in [2.24, 2.45) is 5.92 Å². The summed E-state index contributed by atoms with van der Waals surface area (Å²) < 4.78 is 5.77. The lowest BCUT2D eigenvalue weighted by Gasteiger charge is -2.22. The molecule has 1 atom stereocenters. The van der Waals surface area contributed by atoms with Crippen molar-refractivity contribution in [1.29, 1.82) is 0 Å². The van der Waals surface area contributed by atoms with Gasteiger partial charge in [-0.25, -0.2) is 0 Å². The number of carbonyl (C=O) groups excluding carboxylic acids is 1. The molecule has 23 heavy (non-hydrogen) atoms. The van der Waals surface area contributed by atoms with Crippen LogP contribution in [0.1, 0.15) is 23.2 Å². The number of likely N-dealkylation sites (N-methyl/N-ethyl adjacent to an activating group) is 1. The molecule has 0 saturated heterocycles. The zero-order valence-corrected chi connectivity index (χ0v) is 13.1. The van der Waals surface area contributed by atoms with E-state index in [1.165, 1.54) is 0 Å². The van der Waals surface area contributed by atoms with Crippen molar-refractivity contribution in [3.63, 3.8) is 0 Å². The molecule has 2 aromatic rings. The molecular weight excluding hydrogens is 292 g/mol. The van der Waals surface area contributed by atoms with Crippen LogP contribution in [0.25, 0.3) is 0 Å². The van der Waals surface area contributed by atoms with Crippen LogP contribution in [0.5, 0.6) is 11.5 Å². The van der Waals surface area contributed by atoms with E-state index in [-0.39, 0.29) is 5.91 Å². The van der Waals surface area contributed by atoms with Crippen LogP contribution in [0.2, 0.25) is 0 Å². The molecule has 0 bridgehead atoms. The highest BCUT2D eigenvalue weighted by Gasteiger charge is 2.31. The van der Waals surface area contributed by atoms with E-state index in [2.05, 4.69) is 4.98 Å². The number of hydrogen-bond donors (Lipinski definition) is 1. The molecule has 1 fully saturated rings. The molecule has 1 aromatic carbocycles. The van der Waals surface area contributed by atoms with Gasteiger partial charge in [0, 0.05) is 19.8 Å². The van der Waals surface area contributed by atoms with Gasteiger partial charge in [0.2, 0.25) is 0 Å². The summed E-state index contributed by atoms with van der Waals surface area (Å²) in [5.74, 6) is 1.24. The standard InChI is InChI=1S/C18H20N2O3/c1-20(12-16(21)13-8-9-13)18(22)15-6-2-3-7-17(15)23-14-5-4-10-19-11-14/h2-7,10-11,13,16,21H,8-9,12H2,1H3. The van der Waals surface area contributed by atoms with Crippen molar-refractivity contribution in [2.45, 2.75) is 18.9 Å². The lowest BCUT2D eigenvalue weighted by molar-refractivity contribution is 0.0643. The predicted molar refractivity (Wildman–Crippen MR) is 86.4 cm³/mol. The fourth-order valence-corrected chi connectivity index (χ4v) is 2.47. The monoisotopic (exact) mass is 312 g/mol. The molecule has 1 amide bonds. The van der Waals surface area contributed by atoms with Gasteiger partial charge in [-0.3, -0.25) is 9.78 Å². The van der Waals surface area contributed by atoms with Gasteiger partial charge in [-0.05, 0) is 43.0 Å². The van der Waals surface area contributed by atoms with E-state index in [1.54, 1.807) is 54.7 Å². The predicted octanol–water partition coefficient (Wildman–Crippen LogP) is 2.72. The number of para-hydroxylation sites is 1. The van der Waals surface area contributed by atoms with E-state index < -0.39 is 6.10 Å². The van der Waals surface area contributed by atoms with Gasteiger partial charge >= 0.3 is 0 Å². The molecule has 5 nitrogen and oxygen atoms in total. The maximum Gasteiger partial charge on any atom is 0.257 e. The SMILES string of the molecule is CN(CC(O)C1CC1)C(=O)c1ccccc1Oc1cccnc1. The second-order valence-electron chi connectivity index (χ2n) is 5.88. The van der Waals surface area contributed by atoms with E-state index in [1.807, 2.05) is 6.07 Å². The number of aromatic nitrogens is 1. The van der Waals surface area contributed by atoms with E-state index >= 15 is 0 Å². The van der Waals surface area contributed by atoms with E-state index in [4.69, 9.17) is 4.74 Å². The highest BCUT2D eigenvalue weighted by molar-refractivity contribution is 5.96. The number of aliphatic hydroxyl groups is 1. The number of ether oxygens (including phenoxy) is 1. The topological polar surface area (TPSA) is 62.7 Å². The lowest BCUT2D eigenvalue weighted by Crippen LogP contribution is -2.35. The summed E-state index contributed by atoms with van der Waals surface area (Å²) in [6.45, 7) is 0.338. The normalized spacial score (nSPS) is 15.0. The van der Waals surface area contributed by atoms with Gasteiger partial charge in [0.25, 0.3) is 5.91 Å². The zero-order chi connectivity index (χ0) is 16.2. The van der Waals surface area contributed by atoms with Crippen molar-refractivity contribution in [3.05, 3.63) is 54.4 Å². The minimum Gasteiger partial charge on any atom is -0.455 e. The molecule has 3 rings (SSSR count). The van der Waals surface area contributed by atoms with Crippen molar-refractivity contribution in [3.8, 4) is 11.5 Å². The van der Waals surface area contributed by atoms with Gasteiger partial charge in [0.05, 0.1) is 17.9 Å². The van der Waals surface area contributed by atoms with Gasteiger partial charge in [-0.2, -0.15) is 0 Å². The number of carbonyl (C=O) groups is 1. The van der Waals surface area contributed by atoms with E-state index in [0.29, 0.717) is 29.5 Å². The maximum absolute atomic E-state index is 12.7. The minimum atomic E-state index is -0.449. The van der Waals surface area contributed by atoms with Crippen molar-refractivity contribution >= 4 is 5.91 Å². The number of nitrogens with zero attached hydrogens (tertiary/aromatic N) is 2. The van der Waals surface area contributed by atoms with Gasteiger partial charge in [0.15, 0.2) is 0 Å². The summed E-state index contributed by atoms with van der Waals surface area (Å²) in [7, 11) is 1.70. The third kappa shape index (κ3) is 3.87. The molecule has 0 aliphatic heterocycles. The Balaban J connectivity index is 1.74. The van der Waals surface area contributed by atoms with Crippen molar-refractivity contribution < 1.29 is 14.6 Å². The first-order valence-electron chi connectivity index (χ1n) is 7.75. The number of hydrogen-bond acceptors (Lipinski definition) is 4. The van der Waals surface area contributed by atoms with Crippen LogP contribution in [-0.2, 0) is 0 Å². The third-order valence-corrected chi connectivity index (χ3v) is 3.95. The van der Waals surface area contributed by atoms with E-state index in [0.717, 1.165) is 12.8 Å². The first-order valence-corrected chi connectivity index (χ1v) is 7.75. The van der Waals surface area contributed by atoms with Crippen LogP contribution in [0.3, 0.4) is 0 Å². The number of rotatable bonds is 6. The number of aliphatic hydroxyl groups excluding tert-OH is 1.